The van der Waals surface area contributed by atoms with Gasteiger partial charge in [-0.1, -0.05) is 11.6 Å². The van der Waals surface area contributed by atoms with Gasteiger partial charge in [0.1, 0.15) is 11.0 Å². The third-order valence-corrected chi connectivity index (χ3v) is 3.41. The third-order valence-electron chi connectivity index (χ3n) is 3.21. The Labute approximate surface area is 120 Å². The van der Waals surface area contributed by atoms with Gasteiger partial charge in [0.05, 0.1) is 11.7 Å². The van der Waals surface area contributed by atoms with Crippen LogP contribution in [0, 0.1) is 0 Å². The Kier molecular flexibility index (Phi) is 4.75. The molecule has 2 heterocycles. The molecular weight excluding hydrogens is 293 g/mol. The van der Waals surface area contributed by atoms with Crippen molar-refractivity contribution in [3.05, 3.63) is 22.8 Å². The first-order valence-corrected chi connectivity index (χ1v) is 6.89. The van der Waals surface area contributed by atoms with Crippen LogP contribution in [0.5, 0.6) is 0 Å². The smallest absolute Gasteiger partial charge is 0.377 e. The van der Waals surface area contributed by atoms with Crippen LogP contribution in [0.15, 0.2) is 12.1 Å². The van der Waals surface area contributed by atoms with E-state index in [-0.39, 0.29) is 17.1 Å². The van der Waals surface area contributed by atoms with Crippen molar-refractivity contribution in [3.8, 4) is 0 Å². The number of alkyl halides is 3. The first-order valence-electron chi connectivity index (χ1n) is 6.51. The van der Waals surface area contributed by atoms with E-state index < -0.39 is 11.7 Å². The topological polar surface area (TPSA) is 25.4 Å². The summed E-state index contributed by atoms with van der Waals surface area (Å²) < 4.78 is 43.9. The number of hydrogen-bond acceptors (Lipinski definition) is 3. The fourth-order valence-corrected chi connectivity index (χ4v) is 2.53. The molecule has 0 spiro atoms. The summed E-state index contributed by atoms with van der Waals surface area (Å²) in [6.07, 6.45) is -2.61. The van der Waals surface area contributed by atoms with Gasteiger partial charge in [-0.2, -0.15) is 13.2 Å². The lowest BCUT2D eigenvalue weighted by atomic mass is 10.1. The van der Waals surface area contributed by atoms with Gasteiger partial charge in [0.15, 0.2) is 0 Å². The van der Waals surface area contributed by atoms with Crippen LogP contribution in [0.3, 0.4) is 0 Å². The molecule has 2 rings (SSSR count). The third kappa shape index (κ3) is 3.76. The summed E-state index contributed by atoms with van der Waals surface area (Å²) in [6, 6.07) is 1.88. The van der Waals surface area contributed by atoms with E-state index in [9.17, 15) is 13.2 Å². The van der Waals surface area contributed by atoms with Crippen LogP contribution in [0.2, 0.25) is 5.15 Å². The number of anilines is 1. The highest BCUT2D eigenvalue weighted by molar-refractivity contribution is 6.29. The van der Waals surface area contributed by atoms with Crippen LogP contribution in [0.1, 0.15) is 25.3 Å². The van der Waals surface area contributed by atoms with Crippen LogP contribution in [-0.4, -0.2) is 30.8 Å². The molecule has 3 nitrogen and oxygen atoms in total. The molecule has 1 fully saturated rings. The molecule has 1 atom stereocenters. The highest BCUT2D eigenvalue weighted by atomic mass is 35.5. The molecule has 0 bridgehead atoms. The molecule has 1 aromatic heterocycles. The number of pyridine rings is 1. The van der Waals surface area contributed by atoms with Crippen molar-refractivity contribution >= 4 is 17.4 Å². The first kappa shape index (κ1) is 15.4. The van der Waals surface area contributed by atoms with Crippen molar-refractivity contribution in [3.63, 3.8) is 0 Å². The van der Waals surface area contributed by atoms with Crippen molar-refractivity contribution in [2.45, 2.75) is 32.0 Å². The van der Waals surface area contributed by atoms with Crippen molar-refractivity contribution in [1.82, 2.24) is 4.98 Å². The normalized spacial score (nSPS) is 20.2. The van der Waals surface area contributed by atoms with Gasteiger partial charge in [-0.05, 0) is 31.9 Å². The highest BCUT2D eigenvalue weighted by Crippen LogP contribution is 2.33. The van der Waals surface area contributed by atoms with E-state index in [1.165, 1.54) is 0 Å². The van der Waals surface area contributed by atoms with E-state index in [1.807, 2.05) is 6.92 Å². The Morgan fingerprint density at radius 1 is 1.45 bits per heavy atom. The number of hydrogen-bond donors (Lipinski definition) is 0. The molecule has 0 radical (unpaired) electrons. The van der Waals surface area contributed by atoms with Gasteiger partial charge in [-0.3, -0.25) is 0 Å². The SMILES string of the molecule is CCOC1CCCN(c2cc(C(F)(F)F)cc(Cl)n2)C1. The average Bonchev–Trinajstić information content (AvgIpc) is 2.38. The lowest BCUT2D eigenvalue weighted by Gasteiger charge is -2.33. The summed E-state index contributed by atoms with van der Waals surface area (Å²) in [4.78, 5) is 5.80. The summed E-state index contributed by atoms with van der Waals surface area (Å²) in [6.45, 7) is 3.69. The number of halogens is 4. The minimum absolute atomic E-state index is 0.0314. The molecule has 20 heavy (non-hydrogen) atoms. The highest BCUT2D eigenvalue weighted by Gasteiger charge is 2.32. The van der Waals surface area contributed by atoms with Crippen LogP contribution in [-0.2, 0) is 10.9 Å². The molecule has 1 unspecified atom stereocenters. The Morgan fingerprint density at radius 3 is 2.85 bits per heavy atom. The molecule has 112 valence electrons. The Balaban J connectivity index is 2.21. The van der Waals surface area contributed by atoms with E-state index in [4.69, 9.17) is 16.3 Å². The summed E-state index contributed by atoms with van der Waals surface area (Å²) in [5.74, 6) is 0.259. The first-order chi connectivity index (χ1) is 9.40. The Bertz CT molecular complexity index is 465. The summed E-state index contributed by atoms with van der Waals surface area (Å²) >= 11 is 5.70. The molecule has 0 amide bonds. The molecule has 7 heteroatoms. The van der Waals surface area contributed by atoms with E-state index in [0.717, 1.165) is 25.0 Å². The predicted octanol–water partition coefficient (Wildman–Crippen LogP) is 3.76. The molecule has 0 N–H and O–H groups in total. The molecule has 0 saturated carbocycles. The second-order valence-electron chi connectivity index (χ2n) is 4.70. The summed E-state index contributed by atoms with van der Waals surface area (Å²) in [5.41, 5.74) is -0.772. The number of piperidine rings is 1. The van der Waals surface area contributed by atoms with Gasteiger partial charge >= 0.3 is 6.18 Å². The molecular formula is C13H16ClF3N2O. The van der Waals surface area contributed by atoms with Gasteiger partial charge in [0, 0.05) is 19.7 Å². The number of ether oxygens (including phenoxy) is 1. The zero-order valence-corrected chi connectivity index (χ0v) is 11.8. The van der Waals surface area contributed by atoms with E-state index in [0.29, 0.717) is 19.7 Å². The maximum atomic E-state index is 12.8. The van der Waals surface area contributed by atoms with Crippen LogP contribution in [0.25, 0.3) is 0 Å². The van der Waals surface area contributed by atoms with E-state index in [2.05, 4.69) is 4.98 Å². The molecule has 1 aliphatic rings. The quantitative estimate of drug-likeness (QED) is 0.795. The van der Waals surface area contributed by atoms with Crippen molar-refractivity contribution in [2.24, 2.45) is 0 Å². The molecule has 0 aliphatic carbocycles. The Hall–Kier alpha value is -1.01. The van der Waals surface area contributed by atoms with Crippen LogP contribution >= 0.6 is 11.6 Å². The molecule has 1 saturated heterocycles. The average molecular weight is 309 g/mol. The van der Waals surface area contributed by atoms with Gasteiger partial charge in [0.2, 0.25) is 0 Å². The zero-order valence-electron chi connectivity index (χ0n) is 11.1. The van der Waals surface area contributed by atoms with Crippen LogP contribution < -0.4 is 4.90 Å². The Morgan fingerprint density at radius 2 is 2.20 bits per heavy atom. The van der Waals surface area contributed by atoms with Gasteiger partial charge in [0.25, 0.3) is 0 Å². The number of rotatable bonds is 3. The minimum atomic E-state index is -4.42. The van der Waals surface area contributed by atoms with Crippen molar-refractivity contribution in [2.75, 3.05) is 24.6 Å². The number of aromatic nitrogens is 1. The van der Waals surface area contributed by atoms with Crippen LogP contribution in [0.4, 0.5) is 19.0 Å². The number of nitrogens with zero attached hydrogens (tertiary/aromatic N) is 2. The van der Waals surface area contributed by atoms with Crippen molar-refractivity contribution in [1.29, 1.82) is 0 Å². The fraction of sp³-hybridized carbons (Fsp3) is 0.615. The second kappa shape index (κ2) is 6.18. The lowest BCUT2D eigenvalue weighted by molar-refractivity contribution is -0.137. The molecule has 0 aromatic carbocycles. The van der Waals surface area contributed by atoms with E-state index >= 15 is 0 Å². The maximum absolute atomic E-state index is 12.8. The minimum Gasteiger partial charge on any atom is -0.377 e. The van der Waals surface area contributed by atoms with E-state index in [1.54, 1.807) is 4.90 Å². The summed E-state index contributed by atoms with van der Waals surface area (Å²) in [7, 11) is 0. The standard InChI is InChI=1S/C13H16ClF3N2O/c1-2-20-10-4-3-5-19(8-10)12-7-9(13(15,16)17)6-11(14)18-12/h6-7,10H,2-5,8H2,1H3. The maximum Gasteiger partial charge on any atom is 0.416 e. The molecule has 1 aromatic rings. The fourth-order valence-electron chi connectivity index (χ4n) is 2.33. The van der Waals surface area contributed by atoms with Gasteiger partial charge in [-0.15, -0.1) is 0 Å². The lowest BCUT2D eigenvalue weighted by Crippen LogP contribution is -2.40. The van der Waals surface area contributed by atoms with Gasteiger partial charge < -0.3 is 9.64 Å². The monoisotopic (exact) mass is 308 g/mol. The largest absolute Gasteiger partial charge is 0.416 e. The predicted molar refractivity (Wildman–Crippen MR) is 71.1 cm³/mol. The second-order valence-corrected chi connectivity index (χ2v) is 5.09. The zero-order chi connectivity index (χ0) is 14.8. The van der Waals surface area contributed by atoms with Gasteiger partial charge in [-0.25, -0.2) is 4.98 Å². The van der Waals surface area contributed by atoms with Crippen molar-refractivity contribution < 1.29 is 17.9 Å². The molecule has 1 aliphatic heterocycles. The summed E-state index contributed by atoms with van der Waals surface area (Å²) in [5, 5.41) is -0.145.